The lowest BCUT2D eigenvalue weighted by Crippen LogP contribution is -2.29. The lowest BCUT2D eigenvalue weighted by molar-refractivity contribution is 0.818. The fourth-order valence-corrected chi connectivity index (χ4v) is 2.72. The number of allylic oxidation sites excluding steroid dienone is 2. The first-order valence-corrected chi connectivity index (χ1v) is 8.67. The van der Waals surface area contributed by atoms with Crippen molar-refractivity contribution in [2.24, 2.45) is 12.1 Å². The molecule has 0 saturated heterocycles. The van der Waals surface area contributed by atoms with Crippen LogP contribution < -0.4 is 16.7 Å². The number of H-pyrrole nitrogens is 1. The van der Waals surface area contributed by atoms with E-state index in [9.17, 15) is 9.59 Å². The molecule has 3 rings (SSSR count). The maximum absolute atomic E-state index is 12.3. The number of aromatic nitrogens is 4. The van der Waals surface area contributed by atoms with Crippen molar-refractivity contribution in [3.05, 3.63) is 67.8 Å². The monoisotopic (exact) mass is 386 g/mol. The number of benzene rings is 1. The molecule has 0 radical (unpaired) electrons. The van der Waals surface area contributed by atoms with Gasteiger partial charge in [0.2, 0.25) is 5.95 Å². The van der Waals surface area contributed by atoms with Gasteiger partial charge in [0, 0.05) is 18.6 Å². The molecule has 140 valence electrons. The number of fused-ring (bicyclic) bond motifs is 1. The Bertz CT molecular complexity index is 1150. The minimum atomic E-state index is -0.518. The van der Waals surface area contributed by atoms with Gasteiger partial charge in [0.25, 0.3) is 5.56 Å². The lowest BCUT2D eigenvalue weighted by Gasteiger charge is -2.06. The lowest BCUT2D eigenvalue weighted by atomic mass is 10.1. The number of aryl methyl sites for hydroxylation is 1. The standard InChI is InChI=1S/C18H19ClN6O2/c1-4-5-10-25-14-15(24(3)18(27)21-16(14)26)20-17(25)23-22-11(2)12-6-8-13(19)9-7-12/h4-9H,10H2,1-3H3,(H,20,23)(H,21,26,27)/b5-4+,22-11-. The maximum atomic E-state index is 12.3. The van der Waals surface area contributed by atoms with Crippen molar-refractivity contribution in [1.29, 1.82) is 0 Å². The fraction of sp³-hybridized carbons (Fsp3) is 0.222. The van der Waals surface area contributed by atoms with Crippen LogP contribution in [0.5, 0.6) is 0 Å². The molecule has 0 aliphatic carbocycles. The highest BCUT2D eigenvalue weighted by Crippen LogP contribution is 2.16. The van der Waals surface area contributed by atoms with Crippen molar-refractivity contribution in [3.63, 3.8) is 0 Å². The summed E-state index contributed by atoms with van der Waals surface area (Å²) in [4.78, 5) is 30.9. The van der Waals surface area contributed by atoms with Gasteiger partial charge in [0.05, 0.1) is 5.71 Å². The van der Waals surface area contributed by atoms with Gasteiger partial charge in [-0.05, 0) is 31.5 Å². The Kier molecular flexibility index (Phi) is 5.27. The highest BCUT2D eigenvalue weighted by atomic mass is 35.5. The van der Waals surface area contributed by atoms with Gasteiger partial charge in [0.15, 0.2) is 11.2 Å². The van der Waals surface area contributed by atoms with Crippen molar-refractivity contribution < 1.29 is 0 Å². The minimum Gasteiger partial charge on any atom is -0.299 e. The molecule has 0 aliphatic rings. The highest BCUT2D eigenvalue weighted by molar-refractivity contribution is 6.30. The van der Waals surface area contributed by atoms with Crippen LogP contribution in [0.2, 0.25) is 5.02 Å². The molecule has 0 bridgehead atoms. The zero-order valence-electron chi connectivity index (χ0n) is 15.2. The Morgan fingerprint density at radius 2 is 2.04 bits per heavy atom. The first-order chi connectivity index (χ1) is 12.9. The van der Waals surface area contributed by atoms with E-state index in [0.717, 1.165) is 11.3 Å². The van der Waals surface area contributed by atoms with Gasteiger partial charge in [-0.25, -0.2) is 10.2 Å². The molecule has 0 fully saturated rings. The molecule has 0 aliphatic heterocycles. The molecule has 8 nitrogen and oxygen atoms in total. The Morgan fingerprint density at radius 1 is 1.33 bits per heavy atom. The first-order valence-electron chi connectivity index (χ1n) is 8.29. The van der Waals surface area contributed by atoms with Gasteiger partial charge in [-0.1, -0.05) is 35.9 Å². The van der Waals surface area contributed by atoms with Crippen molar-refractivity contribution in [1.82, 2.24) is 19.1 Å². The summed E-state index contributed by atoms with van der Waals surface area (Å²) in [7, 11) is 1.56. The number of nitrogens with one attached hydrogen (secondary N) is 2. The van der Waals surface area contributed by atoms with Crippen molar-refractivity contribution in [3.8, 4) is 0 Å². The summed E-state index contributed by atoms with van der Waals surface area (Å²) < 4.78 is 2.97. The zero-order chi connectivity index (χ0) is 19.6. The van der Waals surface area contributed by atoms with Crippen LogP contribution in [-0.4, -0.2) is 24.8 Å². The third-order valence-electron chi connectivity index (χ3n) is 4.12. The average molecular weight is 387 g/mol. The molecule has 0 spiro atoms. The number of imidazole rings is 1. The second-order valence-electron chi connectivity index (χ2n) is 5.92. The molecule has 2 N–H and O–H groups in total. The molecular weight excluding hydrogens is 368 g/mol. The number of hydrazone groups is 1. The molecule has 1 aromatic carbocycles. The van der Waals surface area contributed by atoms with Gasteiger partial charge in [-0.3, -0.25) is 18.9 Å². The Balaban J connectivity index is 2.07. The summed E-state index contributed by atoms with van der Waals surface area (Å²) in [5.41, 5.74) is 4.10. The van der Waals surface area contributed by atoms with Crippen LogP contribution in [0, 0.1) is 0 Å². The van der Waals surface area contributed by atoms with E-state index in [1.807, 2.05) is 38.1 Å². The smallest absolute Gasteiger partial charge is 0.299 e. The quantitative estimate of drug-likeness (QED) is 0.400. The van der Waals surface area contributed by atoms with Crippen LogP contribution in [-0.2, 0) is 13.6 Å². The maximum Gasteiger partial charge on any atom is 0.329 e. The molecule has 2 aromatic heterocycles. The third kappa shape index (κ3) is 3.70. The van der Waals surface area contributed by atoms with Crippen LogP contribution >= 0.6 is 11.6 Å². The number of aromatic amines is 1. The number of rotatable bonds is 5. The van der Waals surface area contributed by atoms with E-state index >= 15 is 0 Å². The van der Waals surface area contributed by atoms with E-state index in [2.05, 4.69) is 20.5 Å². The Morgan fingerprint density at radius 3 is 2.70 bits per heavy atom. The van der Waals surface area contributed by atoms with Crippen LogP contribution in [0.4, 0.5) is 5.95 Å². The fourth-order valence-electron chi connectivity index (χ4n) is 2.60. The van der Waals surface area contributed by atoms with Crippen molar-refractivity contribution in [2.45, 2.75) is 20.4 Å². The van der Waals surface area contributed by atoms with Crippen molar-refractivity contribution >= 4 is 34.4 Å². The number of nitrogens with zero attached hydrogens (tertiary/aromatic N) is 4. The summed E-state index contributed by atoms with van der Waals surface area (Å²) in [6.45, 7) is 4.14. The number of hydrogen-bond acceptors (Lipinski definition) is 5. The highest BCUT2D eigenvalue weighted by Gasteiger charge is 2.16. The normalized spacial score (nSPS) is 12.2. The van der Waals surface area contributed by atoms with Crippen LogP contribution in [0.25, 0.3) is 11.2 Å². The predicted octanol–water partition coefficient (Wildman–Crippen LogP) is 2.49. The van der Waals surface area contributed by atoms with Gasteiger partial charge < -0.3 is 0 Å². The van der Waals surface area contributed by atoms with Crippen molar-refractivity contribution in [2.75, 3.05) is 5.43 Å². The van der Waals surface area contributed by atoms with Gasteiger partial charge in [-0.2, -0.15) is 10.1 Å². The van der Waals surface area contributed by atoms with E-state index < -0.39 is 11.2 Å². The molecule has 0 saturated carbocycles. The van der Waals surface area contributed by atoms with E-state index in [1.165, 1.54) is 4.57 Å². The summed E-state index contributed by atoms with van der Waals surface area (Å²) in [5, 5.41) is 5.00. The topological polar surface area (TPSA) is 97.1 Å². The summed E-state index contributed by atoms with van der Waals surface area (Å²) in [6.07, 6.45) is 3.75. The van der Waals surface area contributed by atoms with E-state index in [4.69, 9.17) is 11.6 Å². The molecule has 0 amide bonds. The van der Waals surface area contributed by atoms with Crippen LogP contribution in [0.3, 0.4) is 0 Å². The summed E-state index contributed by atoms with van der Waals surface area (Å²) in [5.74, 6) is 0.364. The number of halogens is 1. The Labute approximate surface area is 159 Å². The van der Waals surface area contributed by atoms with Crippen LogP contribution in [0.15, 0.2) is 51.1 Å². The van der Waals surface area contributed by atoms with E-state index in [0.29, 0.717) is 23.0 Å². The van der Waals surface area contributed by atoms with Gasteiger partial charge in [0.1, 0.15) is 0 Å². The second kappa shape index (κ2) is 7.63. The Hall–Kier alpha value is -3.13. The largest absolute Gasteiger partial charge is 0.329 e. The van der Waals surface area contributed by atoms with Gasteiger partial charge in [-0.15, -0.1) is 0 Å². The number of anilines is 1. The summed E-state index contributed by atoms with van der Waals surface area (Å²) >= 11 is 5.91. The second-order valence-corrected chi connectivity index (χ2v) is 6.36. The zero-order valence-corrected chi connectivity index (χ0v) is 15.9. The first kappa shape index (κ1) is 18.7. The molecular formula is C18H19ClN6O2. The number of hydrogen-bond donors (Lipinski definition) is 2. The van der Waals surface area contributed by atoms with Crippen LogP contribution in [0.1, 0.15) is 19.4 Å². The molecule has 2 heterocycles. The summed E-state index contributed by atoms with van der Waals surface area (Å²) in [6, 6.07) is 7.29. The average Bonchev–Trinajstić information content (AvgIpc) is 3.02. The van der Waals surface area contributed by atoms with E-state index in [-0.39, 0.29) is 5.65 Å². The molecule has 0 unspecified atom stereocenters. The molecule has 9 heteroatoms. The molecule has 3 aromatic rings. The van der Waals surface area contributed by atoms with E-state index in [1.54, 1.807) is 23.7 Å². The third-order valence-corrected chi connectivity index (χ3v) is 4.37. The van der Waals surface area contributed by atoms with Gasteiger partial charge >= 0.3 is 5.69 Å². The molecule has 27 heavy (non-hydrogen) atoms. The predicted molar refractivity (Wildman–Crippen MR) is 108 cm³/mol. The minimum absolute atomic E-state index is 0.287. The molecule has 0 atom stereocenters. The SMILES string of the molecule is C/C=C/Cn1c(N/N=C(/C)c2ccc(Cl)cc2)nc2c1c(=O)[nH]c(=O)n2C.